The second-order valence-corrected chi connectivity index (χ2v) is 4.61. The Kier molecular flexibility index (Phi) is 3.88. The van der Waals surface area contributed by atoms with Crippen LogP contribution in [0.5, 0.6) is 5.75 Å². The molecule has 3 N–H and O–H groups in total. The minimum Gasteiger partial charge on any atom is -0.495 e. The summed E-state index contributed by atoms with van der Waals surface area (Å²) in [5.41, 5.74) is 7.21. The molecule has 2 aromatic rings. The van der Waals surface area contributed by atoms with E-state index in [0.717, 1.165) is 10.2 Å². The summed E-state index contributed by atoms with van der Waals surface area (Å²) in [6.45, 7) is 0. The molecule has 0 atom stereocenters. The third-order valence-corrected chi connectivity index (χ3v) is 3.10. The van der Waals surface area contributed by atoms with Crippen LogP contribution in [0.1, 0.15) is 5.56 Å². The van der Waals surface area contributed by atoms with Gasteiger partial charge in [0.15, 0.2) is 0 Å². The Morgan fingerprint density at radius 2 is 2.21 bits per heavy atom. The zero-order valence-electron chi connectivity index (χ0n) is 10.1. The van der Waals surface area contributed by atoms with Crippen LogP contribution in [-0.2, 0) is 0 Å². The zero-order valence-corrected chi connectivity index (χ0v) is 11.7. The first kappa shape index (κ1) is 13.2. The van der Waals surface area contributed by atoms with Crippen molar-refractivity contribution in [3.05, 3.63) is 40.5 Å². The van der Waals surface area contributed by atoms with E-state index < -0.39 is 0 Å². The Hall–Kier alpha value is -2.26. The smallest absolute Gasteiger partial charge is 0.148 e. The van der Waals surface area contributed by atoms with Gasteiger partial charge in [-0.3, -0.25) is 0 Å². The highest BCUT2D eigenvalue weighted by molar-refractivity contribution is 9.10. The van der Waals surface area contributed by atoms with Gasteiger partial charge in [0.1, 0.15) is 17.6 Å². The molecule has 0 spiro atoms. The SMILES string of the molecule is COc1cc(Nc2ncc(N)cc2C#N)ccc1Br. The van der Waals surface area contributed by atoms with Crippen molar-refractivity contribution in [2.45, 2.75) is 0 Å². The maximum Gasteiger partial charge on any atom is 0.148 e. The molecule has 0 aliphatic heterocycles. The molecule has 0 saturated heterocycles. The molecule has 1 aromatic carbocycles. The number of nitriles is 1. The van der Waals surface area contributed by atoms with Gasteiger partial charge in [-0.2, -0.15) is 5.26 Å². The molecule has 0 radical (unpaired) electrons. The molecule has 0 fully saturated rings. The third-order valence-electron chi connectivity index (χ3n) is 2.44. The topological polar surface area (TPSA) is 84.0 Å². The quantitative estimate of drug-likeness (QED) is 0.908. The summed E-state index contributed by atoms with van der Waals surface area (Å²) in [5, 5.41) is 12.1. The fraction of sp³-hybridized carbons (Fsp3) is 0.0769. The lowest BCUT2D eigenvalue weighted by atomic mass is 10.2. The number of benzene rings is 1. The molecule has 1 aromatic heterocycles. The number of nitrogens with zero attached hydrogens (tertiary/aromatic N) is 2. The van der Waals surface area contributed by atoms with Gasteiger partial charge in [0.05, 0.1) is 29.0 Å². The Labute approximate surface area is 119 Å². The number of hydrogen-bond acceptors (Lipinski definition) is 5. The van der Waals surface area contributed by atoms with Crippen LogP contribution in [0.4, 0.5) is 17.2 Å². The van der Waals surface area contributed by atoms with Crippen molar-refractivity contribution in [3.8, 4) is 11.8 Å². The van der Waals surface area contributed by atoms with Gasteiger partial charge in [0.2, 0.25) is 0 Å². The normalized spacial score (nSPS) is 9.74. The van der Waals surface area contributed by atoms with Gasteiger partial charge in [-0.05, 0) is 34.1 Å². The summed E-state index contributed by atoms with van der Waals surface area (Å²) < 4.78 is 6.06. The van der Waals surface area contributed by atoms with Gasteiger partial charge in [-0.25, -0.2) is 4.98 Å². The van der Waals surface area contributed by atoms with E-state index in [1.165, 1.54) is 6.20 Å². The molecule has 0 saturated carbocycles. The van der Waals surface area contributed by atoms with E-state index in [1.807, 2.05) is 18.2 Å². The van der Waals surface area contributed by atoms with Crippen LogP contribution in [0.2, 0.25) is 0 Å². The number of nitrogens with one attached hydrogen (secondary N) is 1. The molecule has 0 bridgehead atoms. The van der Waals surface area contributed by atoms with Crippen molar-refractivity contribution >= 4 is 33.1 Å². The summed E-state index contributed by atoms with van der Waals surface area (Å²) >= 11 is 3.38. The standard InChI is InChI=1S/C13H11BrN4O/c1-19-12-5-10(2-3-11(12)14)18-13-8(6-15)4-9(16)7-17-13/h2-5,7H,16H2,1H3,(H,17,18). The first-order valence-electron chi connectivity index (χ1n) is 5.40. The fourth-order valence-electron chi connectivity index (χ4n) is 1.54. The highest BCUT2D eigenvalue weighted by Crippen LogP contribution is 2.29. The number of ether oxygens (including phenoxy) is 1. The number of nitrogens with two attached hydrogens (primary N) is 1. The van der Waals surface area contributed by atoms with Gasteiger partial charge in [0, 0.05) is 11.8 Å². The number of nitrogen functional groups attached to an aromatic ring is 1. The summed E-state index contributed by atoms with van der Waals surface area (Å²) in [4.78, 5) is 4.11. The van der Waals surface area contributed by atoms with Crippen molar-refractivity contribution in [2.24, 2.45) is 0 Å². The molecular formula is C13H11BrN4O. The number of methoxy groups -OCH3 is 1. The minimum atomic E-state index is 0.391. The van der Waals surface area contributed by atoms with E-state index in [0.29, 0.717) is 22.8 Å². The highest BCUT2D eigenvalue weighted by Gasteiger charge is 2.07. The van der Waals surface area contributed by atoms with E-state index in [9.17, 15) is 0 Å². The minimum absolute atomic E-state index is 0.391. The van der Waals surface area contributed by atoms with Crippen LogP contribution in [0, 0.1) is 11.3 Å². The molecule has 0 aliphatic rings. The number of pyridine rings is 1. The molecule has 2 rings (SSSR count). The van der Waals surface area contributed by atoms with E-state index in [2.05, 4.69) is 32.3 Å². The Balaban J connectivity index is 2.34. The number of halogens is 1. The lowest BCUT2D eigenvalue weighted by Gasteiger charge is -2.10. The van der Waals surface area contributed by atoms with Gasteiger partial charge in [0.25, 0.3) is 0 Å². The van der Waals surface area contributed by atoms with Crippen molar-refractivity contribution in [3.63, 3.8) is 0 Å². The second-order valence-electron chi connectivity index (χ2n) is 3.75. The maximum absolute atomic E-state index is 9.05. The van der Waals surface area contributed by atoms with Crippen molar-refractivity contribution in [1.29, 1.82) is 5.26 Å². The van der Waals surface area contributed by atoms with Crippen LogP contribution in [-0.4, -0.2) is 12.1 Å². The Bertz CT molecular complexity index is 652. The number of rotatable bonds is 3. The zero-order chi connectivity index (χ0) is 13.8. The fourth-order valence-corrected chi connectivity index (χ4v) is 1.95. The predicted octanol–water partition coefficient (Wildman–Crippen LogP) is 3.05. The largest absolute Gasteiger partial charge is 0.495 e. The van der Waals surface area contributed by atoms with Gasteiger partial charge >= 0.3 is 0 Å². The van der Waals surface area contributed by atoms with Crippen LogP contribution in [0.25, 0.3) is 0 Å². The van der Waals surface area contributed by atoms with Crippen LogP contribution < -0.4 is 15.8 Å². The molecule has 0 unspecified atom stereocenters. The van der Waals surface area contributed by atoms with Crippen molar-refractivity contribution in [1.82, 2.24) is 4.98 Å². The monoisotopic (exact) mass is 318 g/mol. The predicted molar refractivity (Wildman–Crippen MR) is 77.3 cm³/mol. The van der Waals surface area contributed by atoms with Gasteiger partial charge in [-0.15, -0.1) is 0 Å². The van der Waals surface area contributed by atoms with Gasteiger partial charge in [-0.1, -0.05) is 0 Å². The summed E-state index contributed by atoms with van der Waals surface area (Å²) in [5.74, 6) is 1.15. The summed E-state index contributed by atoms with van der Waals surface area (Å²) in [6.07, 6.45) is 1.50. The molecule has 5 nitrogen and oxygen atoms in total. The molecular weight excluding hydrogens is 308 g/mol. The van der Waals surface area contributed by atoms with Crippen molar-refractivity contribution < 1.29 is 4.74 Å². The average molecular weight is 319 g/mol. The van der Waals surface area contributed by atoms with E-state index in [4.69, 9.17) is 15.7 Å². The first-order valence-corrected chi connectivity index (χ1v) is 6.19. The number of anilines is 3. The molecule has 19 heavy (non-hydrogen) atoms. The van der Waals surface area contributed by atoms with Gasteiger partial charge < -0.3 is 15.8 Å². The molecule has 0 aliphatic carbocycles. The number of hydrogen-bond donors (Lipinski definition) is 2. The number of aromatic nitrogens is 1. The Morgan fingerprint density at radius 3 is 2.89 bits per heavy atom. The molecule has 0 amide bonds. The average Bonchev–Trinajstić information content (AvgIpc) is 2.42. The highest BCUT2D eigenvalue weighted by atomic mass is 79.9. The van der Waals surface area contributed by atoms with E-state index >= 15 is 0 Å². The summed E-state index contributed by atoms with van der Waals surface area (Å²) in [7, 11) is 1.59. The van der Waals surface area contributed by atoms with Crippen LogP contribution >= 0.6 is 15.9 Å². The van der Waals surface area contributed by atoms with Crippen molar-refractivity contribution in [2.75, 3.05) is 18.2 Å². The molecule has 96 valence electrons. The maximum atomic E-state index is 9.05. The molecule has 6 heteroatoms. The van der Waals surface area contributed by atoms with E-state index in [-0.39, 0.29) is 0 Å². The van der Waals surface area contributed by atoms with Crippen LogP contribution in [0.3, 0.4) is 0 Å². The van der Waals surface area contributed by atoms with Crippen LogP contribution in [0.15, 0.2) is 34.9 Å². The third kappa shape index (κ3) is 2.95. The summed E-state index contributed by atoms with van der Waals surface area (Å²) in [6, 6.07) is 9.14. The lowest BCUT2D eigenvalue weighted by Crippen LogP contribution is -1.99. The lowest BCUT2D eigenvalue weighted by molar-refractivity contribution is 0.412. The van der Waals surface area contributed by atoms with E-state index in [1.54, 1.807) is 13.2 Å². The second kappa shape index (κ2) is 5.59. The molecule has 1 heterocycles. The first-order chi connectivity index (χ1) is 9.13. The Morgan fingerprint density at radius 1 is 1.42 bits per heavy atom.